The predicted molar refractivity (Wildman–Crippen MR) is 64.0 cm³/mol. The lowest BCUT2D eigenvalue weighted by Gasteiger charge is -2.40. The first-order valence-corrected chi connectivity index (χ1v) is 6.18. The molecule has 4 nitrogen and oxygen atoms in total. The van der Waals surface area contributed by atoms with Gasteiger partial charge in [0.25, 0.3) is 0 Å². The van der Waals surface area contributed by atoms with Crippen LogP contribution < -0.4 is 0 Å². The molecule has 92 valence electrons. The molecule has 0 aromatic rings. The Morgan fingerprint density at radius 3 is 2.25 bits per heavy atom. The molecule has 0 bridgehead atoms. The number of piperazine rings is 1. The van der Waals surface area contributed by atoms with Crippen LogP contribution in [0.1, 0.15) is 26.7 Å². The molecule has 1 N–H and O–H groups in total. The van der Waals surface area contributed by atoms with Crippen LogP contribution in [0, 0.1) is 11.3 Å². The molecule has 1 fully saturated rings. The SMILES string of the molecule is CCC(CO)N1CCN(C(C)CC#N)CC1. The zero-order valence-corrected chi connectivity index (χ0v) is 10.4. The number of hydrogen-bond acceptors (Lipinski definition) is 4. The molecule has 0 aromatic heterocycles. The third kappa shape index (κ3) is 3.44. The molecule has 1 heterocycles. The van der Waals surface area contributed by atoms with E-state index in [9.17, 15) is 5.11 Å². The molecular weight excluding hydrogens is 202 g/mol. The maximum atomic E-state index is 9.24. The minimum atomic E-state index is 0.254. The van der Waals surface area contributed by atoms with Gasteiger partial charge in [-0.25, -0.2) is 0 Å². The zero-order chi connectivity index (χ0) is 12.0. The van der Waals surface area contributed by atoms with Crippen molar-refractivity contribution in [2.75, 3.05) is 32.8 Å². The van der Waals surface area contributed by atoms with Crippen molar-refractivity contribution in [2.45, 2.75) is 38.8 Å². The Bertz CT molecular complexity index is 227. The van der Waals surface area contributed by atoms with Crippen molar-refractivity contribution in [3.05, 3.63) is 0 Å². The quantitative estimate of drug-likeness (QED) is 0.747. The summed E-state index contributed by atoms with van der Waals surface area (Å²) in [5, 5.41) is 17.9. The van der Waals surface area contributed by atoms with Gasteiger partial charge in [-0.15, -0.1) is 0 Å². The third-order valence-electron chi connectivity index (χ3n) is 3.56. The van der Waals surface area contributed by atoms with Crippen molar-refractivity contribution < 1.29 is 5.11 Å². The van der Waals surface area contributed by atoms with Crippen LogP contribution in [0.3, 0.4) is 0 Å². The maximum absolute atomic E-state index is 9.24. The predicted octanol–water partition coefficient (Wildman–Crippen LogP) is 0.677. The van der Waals surface area contributed by atoms with Crippen LogP contribution in [0.2, 0.25) is 0 Å². The van der Waals surface area contributed by atoms with E-state index in [1.54, 1.807) is 0 Å². The van der Waals surface area contributed by atoms with Crippen LogP contribution in [-0.4, -0.2) is 59.8 Å². The Labute approximate surface area is 98.5 Å². The first kappa shape index (κ1) is 13.4. The molecule has 0 amide bonds. The van der Waals surface area contributed by atoms with Crippen LogP contribution in [0.4, 0.5) is 0 Å². The van der Waals surface area contributed by atoms with E-state index in [2.05, 4.69) is 29.7 Å². The minimum Gasteiger partial charge on any atom is -0.395 e. The first-order valence-electron chi connectivity index (χ1n) is 6.18. The average Bonchev–Trinajstić information content (AvgIpc) is 2.32. The van der Waals surface area contributed by atoms with Gasteiger partial charge >= 0.3 is 0 Å². The van der Waals surface area contributed by atoms with Gasteiger partial charge in [-0.1, -0.05) is 6.92 Å². The smallest absolute Gasteiger partial charge is 0.0638 e. The highest BCUT2D eigenvalue weighted by Gasteiger charge is 2.24. The molecule has 1 rings (SSSR count). The van der Waals surface area contributed by atoms with Gasteiger partial charge in [-0.05, 0) is 13.3 Å². The second-order valence-electron chi connectivity index (χ2n) is 4.53. The fourth-order valence-corrected chi connectivity index (χ4v) is 2.31. The monoisotopic (exact) mass is 225 g/mol. The van der Waals surface area contributed by atoms with Crippen LogP contribution in [0.5, 0.6) is 0 Å². The van der Waals surface area contributed by atoms with Gasteiger partial charge < -0.3 is 5.11 Å². The molecule has 0 aromatic carbocycles. The summed E-state index contributed by atoms with van der Waals surface area (Å²) < 4.78 is 0. The van der Waals surface area contributed by atoms with E-state index in [0.717, 1.165) is 32.6 Å². The third-order valence-corrected chi connectivity index (χ3v) is 3.56. The topological polar surface area (TPSA) is 50.5 Å². The summed E-state index contributed by atoms with van der Waals surface area (Å²) in [6.07, 6.45) is 1.61. The molecule has 1 saturated heterocycles. The normalized spacial score (nSPS) is 22.6. The van der Waals surface area contributed by atoms with Gasteiger partial charge in [-0.2, -0.15) is 5.26 Å². The second kappa shape index (κ2) is 6.85. The number of nitrogens with zero attached hydrogens (tertiary/aromatic N) is 3. The summed E-state index contributed by atoms with van der Waals surface area (Å²) in [6.45, 7) is 8.53. The largest absolute Gasteiger partial charge is 0.395 e. The molecule has 4 heteroatoms. The molecule has 0 radical (unpaired) electrons. The summed E-state index contributed by atoms with van der Waals surface area (Å²) in [5.41, 5.74) is 0. The fourth-order valence-electron chi connectivity index (χ4n) is 2.31. The molecule has 16 heavy (non-hydrogen) atoms. The van der Waals surface area contributed by atoms with Crippen molar-refractivity contribution in [3.63, 3.8) is 0 Å². The number of rotatable bonds is 5. The average molecular weight is 225 g/mol. The highest BCUT2D eigenvalue weighted by atomic mass is 16.3. The van der Waals surface area contributed by atoms with Crippen molar-refractivity contribution >= 4 is 0 Å². The van der Waals surface area contributed by atoms with Crippen LogP contribution in [0.15, 0.2) is 0 Å². The summed E-state index contributed by atoms with van der Waals surface area (Å²) in [4.78, 5) is 4.72. The van der Waals surface area contributed by atoms with E-state index in [4.69, 9.17) is 5.26 Å². The first-order chi connectivity index (χ1) is 7.72. The molecule has 0 saturated carbocycles. The van der Waals surface area contributed by atoms with E-state index in [1.807, 2.05) is 0 Å². The number of aliphatic hydroxyl groups excluding tert-OH is 1. The lowest BCUT2D eigenvalue weighted by atomic mass is 10.1. The Hall–Kier alpha value is -0.630. The van der Waals surface area contributed by atoms with Gasteiger partial charge in [0.05, 0.1) is 19.1 Å². The molecule has 0 spiro atoms. The van der Waals surface area contributed by atoms with Crippen LogP contribution in [0.25, 0.3) is 0 Å². The Morgan fingerprint density at radius 2 is 1.81 bits per heavy atom. The molecule has 1 aliphatic rings. The highest BCUT2D eigenvalue weighted by molar-refractivity contribution is 4.84. The summed E-state index contributed by atoms with van der Waals surface area (Å²) in [5.74, 6) is 0. The Balaban J connectivity index is 2.36. The molecule has 2 unspecified atom stereocenters. The van der Waals surface area contributed by atoms with Gasteiger partial charge in [-0.3, -0.25) is 9.80 Å². The molecule has 0 aliphatic carbocycles. The van der Waals surface area contributed by atoms with Gasteiger partial charge in [0, 0.05) is 38.3 Å². The van der Waals surface area contributed by atoms with Crippen molar-refractivity contribution in [1.82, 2.24) is 9.80 Å². The summed E-state index contributed by atoms with van der Waals surface area (Å²) in [7, 11) is 0. The van der Waals surface area contributed by atoms with Crippen molar-refractivity contribution in [3.8, 4) is 6.07 Å². The van der Waals surface area contributed by atoms with Crippen LogP contribution >= 0.6 is 0 Å². The Morgan fingerprint density at radius 1 is 1.25 bits per heavy atom. The van der Waals surface area contributed by atoms with E-state index >= 15 is 0 Å². The van der Waals surface area contributed by atoms with E-state index in [1.165, 1.54) is 0 Å². The molecular formula is C12H23N3O. The Kier molecular flexibility index (Phi) is 5.75. The molecule has 2 atom stereocenters. The minimum absolute atomic E-state index is 0.254. The zero-order valence-electron chi connectivity index (χ0n) is 10.4. The van der Waals surface area contributed by atoms with E-state index < -0.39 is 0 Å². The summed E-state index contributed by atoms with van der Waals surface area (Å²) >= 11 is 0. The number of nitriles is 1. The van der Waals surface area contributed by atoms with Crippen LogP contribution in [-0.2, 0) is 0 Å². The maximum Gasteiger partial charge on any atom is 0.0638 e. The van der Waals surface area contributed by atoms with Gasteiger partial charge in [0.1, 0.15) is 0 Å². The molecule has 1 aliphatic heterocycles. The summed E-state index contributed by atoms with van der Waals surface area (Å²) in [6, 6.07) is 2.90. The fraction of sp³-hybridized carbons (Fsp3) is 0.917. The lowest BCUT2D eigenvalue weighted by molar-refractivity contribution is 0.0496. The highest BCUT2D eigenvalue weighted by Crippen LogP contribution is 2.12. The van der Waals surface area contributed by atoms with Crippen molar-refractivity contribution in [1.29, 1.82) is 5.26 Å². The lowest BCUT2D eigenvalue weighted by Crippen LogP contribution is -2.53. The number of hydrogen-bond donors (Lipinski definition) is 1. The van der Waals surface area contributed by atoms with Gasteiger partial charge in [0.15, 0.2) is 0 Å². The van der Waals surface area contributed by atoms with Crippen molar-refractivity contribution in [2.24, 2.45) is 0 Å². The standard InChI is InChI=1S/C12H23N3O/c1-3-12(10-16)15-8-6-14(7-9-15)11(2)4-5-13/h11-12,16H,3-4,6-10H2,1-2H3. The van der Waals surface area contributed by atoms with E-state index in [-0.39, 0.29) is 6.61 Å². The van der Waals surface area contributed by atoms with Gasteiger partial charge in [0.2, 0.25) is 0 Å². The second-order valence-corrected chi connectivity index (χ2v) is 4.53. The number of aliphatic hydroxyl groups is 1. The van der Waals surface area contributed by atoms with E-state index in [0.29, 0.717) is 18.5 Å².